The minimum atomic E-state index is -0.446. The van der Waals surface area contributed by atoms with Crippen LogP contribution in [-0.2, 0) is 9.53 Å². The number of aldehydes is 1. The van der Waals surface area contributed by atoms with Gasteiger partial charge in [0.1, 0.15) is 11.9 Å². The predicted octanol–water partition coefficient (Wildman–Crippen LogP) is 2.36. The number of carbonyl (C=O) groups excluding carboxylic acids is 2. The lowest BCUT2D eigenvalue weighted by molar-refractivity contribution is -0.113. The van der Waals surface area contributed by atoms with E-state index in [0.29, 0.717) is 0 Å². The van der Waals surface area contributed by atoms with Gasteiger partial charge in [0.2, 0.25) is 0 Å². The number of hydrogen-bond donors (Lipinski definition) is 0. The van der Waals surface area contributed by atoms with E-state index in [2.05, 4.69) is 0 Å². The first-order valence-corrected chi connectivity index (χ1v) is 6.37. The zero-order valence-corrected chi connectivity index (χ0v) is 10.8. The van der Waals surface area contributed by atoms with E-state index in [4.69, 9.17) is 4.74 Å². The smallest absolute Gasteiger partial charge is 0.410 e. The van der Waals surface area contributed by atoms with Crippen LogP contribution >= 0.6 is 0 Å². The fourth-order valence-corrected chi connectivity index (χ4v) is 2.94. The molecule has 1 unspecified atom stereocenters. The minimum Gasteiger partial charge on any atom is -0.444 e. The molecule has 2 rings (SSSR count). The molecule has 2 saturated heterocycles. The van der Waals surface area contributed by atoms with E-state index in [1.54, 1.807) is 0 Å². The zero-order valence-electron chi connectivity index (χ0n) is 10.8. The quantitative estimate of drug-likeness (QED) is 0.660. The third-order valence-electron chi connectivity index (χ3n) is 3.57. The molecule has 0 radical (unpaired) electrons. The van der Waals surface area contributed by atoms with Crippen molar-refractivity contribution in [2.24, 2.45) is 5.92 Å². The van der Waals surface area contributed by atoms with Gasteiger partial charge in [0.15, 0.2) is 0 Å². The monoisotopic (exact) mass is 239 g/mol. The van der Waals surface area contributed by atoms with Gasteiger partial charge in [-0.25, -0.2) is 4.79 Å². The molecule has 0 saturated carbocycles. The summed E-state index contributed by atoms with van der Waals surface area (Å²) in [7, 11) is 0. The van der Waals surface area contributed by atoms with Gasteiger partial charge in [0.05, 0.1) is 0 Å². The second kappa shape index (κ2) is 4.31. The van der Waals surface area contributed by atoms with Crippen LogP contribution in [0.1, 0.15) is 46.5 Å². The first-order chi connectivity index (χ1) is 7.90. The van der Waals surface area contributed by atoms with E-state index >= 15 is 0 Å². The number of ether oxygens (including phenoxy) is 1. The molecule has 17 heavy (non-hydrogen) atoms. The van der Waals surface area contributed by atoms with Gasteiger partial charge in [0.25, 0.3) is 0 Å². The van der Waals surface area contributed by atoms with E-state index in [1.807, 2.05) is 25.7 Å². The molecule has 1 amide bonds. The van der Waals surface area contributed by atoms with Crippen molar-refractivity contribution in [3.8, 4) is 0 Å². The first kappa shape index (κ1) is 12.4. The van der Waals surface area contributed by atoms with Gasteiger partial charge >= 0.3 is 6.09 Å². The highest BCUT2D eigenvalue weighted by Gasteiger charge is 2.44. The maximum Gasteiger partial charge on any atom is 0.410 e. The Morgan fingerprint density at radius 1 is 1.24 bits per heavy atom. The Kier molecular flexibility index (Phi) is 3.15. The highest BCUT2D eigenvalue weighted by molar-refractivity contribution is 5.70. The summed E-state index contributed by atoms with van der Waals surface area (Å²) in [5.74, 6) is 0.131. The second-order valence-electron chi connectivity index (χ2n) is 6.14. The van der Waals surface area contributed by atoms with Crippen LogP contribution in [0.5, 0.6) is 0 Å². The van der Waals surface area contributed by atoms with Crippen molar-refractivity contribution >= 4 is 12.4 Å². The van der Waals surface area contributed by atoms with Crippen molar-refractivity contribution in [3.63, 3.8) is 0 Å². The van der Waals surface area contributed by atoms with Crippen molar-refractivity contribution in [2.75, 3.05) is 0 Å². The van der Waals surface area contributed by atoms with E-state index in [9.17, 15) is 9.59 Å². The van der Waals surface area contributed by atoms with Crippen molar-refractivity contribution < 1.29 is 14.3 Å². The summed E-state index contributed by atoms with van der Waals surface area (Å²) < 4.78 is 5.43. The summed E-state index contributed by atoms with van der Waals surface area (Å²) in [6, 6.07) is 0.414. The minimum absolute atomic E-state index is 0.131. The Morgan fingerprint density at radius 3 is 2.18 bits per heavy atom. The molecule has 0 spiro atoms. The molecule has 0 N–H and O–H groups in total. The van der Waals surface area contributed by atoms with Crippen molar-refractivity contribution in [2.45, 2.75) is 64.1 Å². The summed E-state index contributed by atoms with van der Waals surface area (Å²) in [6.07, 6.45) is 4.45. The Balaban J connectivity index is 2.04. The summed E-state index contributed by atoms with van der Waals surface area (Å²) in [5, 5.41) is 0. The Hall–Kier alpha value is -1.06. The van der Waals surface area contributed by atoms with Gasteiger partial charge in [-0.2, -0.15) is 0 Å². The number of carbonyl (C=O) groups is 2. The average molecular weight is 239 g/mol. The lowest BCUT2D eigenvalue weighted by Gasteiger charge is -2.38. The number of fused-ring (bicyclic) bond motifs is 2. The van der Waals surface area contributed by atoms with Crippen LogP contribution in [0, 0.1) is 5.92 Å². The molecule has 0 aromatic heterocycles. The van der Waals surface area contributed by atoms with Crippen LogP contribution in [0.25, 0.3) is 0 Å². The van der Waals surface area contributed by atoms with Crippen LogP contribution in [0.4, 0.5) is 4.79 Å². The molecule has 0 aromatic carbocycles. The van der Waals surface area contributed by atoms with Crippen LogP contribution < -0.4 is 0 Å². The standard InChI is InChI=1S/C13H21NO3/c1-13(2,3)17-12(16)14-10-4-5-11(14)7-9(6-10)8-15/h8-11H,4-7H2,1-3H3/t9?,10-,11+. The molecule has 2 aliphatic rings. The normalized spacial score (nSPS) is 32.4. The number of amides is 1. The van der Waals surface area contributed by atoms with E-state index in [-0.39, 0.29) is 24.1 Å². The molecule has 2 fully saturated rings. The Morgan fingerprint density at radius 2 is 1.76 bits per heavy atom. The fraction of sp³-hybridized carbons (Fsp3) is 0.846. The number of nitrogens with zero attached hydrogens (tertiary/aromatic N) is 1. The second-order valence-corrected chi connectivity index (χ2v) is 6.14. The highest BCUT2D eigenvalue weighted by atomic mass is 16.6. The summed E-state index contributed by atoms with van der Waals surface area (Å²) in [6.45, 7) is 5.64. The molecule has 4 heteroatoms. The van der Waals surface area contributed by atoms with Crippen molar-refractivity contribution in [3.05, 3.63) is 0 Å². The fourth-order valence-electron chi connectivity index (χ4n) is 2.94. The zero-order chi connectivity index (χ0) is 12.6. The largest absolute Gasteiger partial charge is 0.444 e. The topological polar surface area (TPSA) is 46.6 Å². The molecule has 4 nitrogen and oxygen atoms in total. The van der Waals surface area contributed by atoms with Gasteiger partial charge < -0.3 is 14.4 Å². The maximum absolute atomic E-state index is 12.1. The van der Waals surface area contributed by atoms with Crippen LogP contribution in [0.3, 0.4) is 0 Å². The maximum atomic E-state index is 12.1. The van der Waals surface area contributed by atoms with Gasteiger partial charge in [-0.3, -0.25) is 0 Å². The van der Waals surface area contributed by atoms with E-state index < -0.39 is 5.60 Å². The van der Waals surface area contributed by atoms with Crippen LogP contribution in [0.15, 0.2) is 0 Å². The van der Waals surface area contributed by atoms with Crippen molar-refractivity contribution in [1.29, 1.82) is 0 Å². The molecule has 3 atom stereocenters. The molecular weight excluding hydrogens is 218 g/mol. The molecule has 2 heterocycles. The summed E-state index contributed by atoms with van der Waals surface area (Å²) in [5.41, 5.74) is -0.446. The third kappa shape index (κ3) is 2.61. The summed E-state index contributed by atoms with van der Waals surface area (Å²) in [4.78, 5) is 24.8. The molecule has 0 aliphatic carbocycles. The van der Waals surface area contributed by atoms with E-state index in [0.717, 1.165) is 32.0 Å². The molecule has 0 aromatic rings. The average Bonchev–Trinajstić information content (AvgIpc) is 2.47. The third-order valence-corrected chi connectivity index (χ3v) is 3.57. The Bertz CT molecular complexity index is 307. The molecule has 2 bridgehead atoms. The van der Waals surface area contributed by atoms with Crippen LogP contribution in [-0.4, -0.2) is 35.0 Å². The number of rotatable bonds is 1. The van der Waals surface area contributed by atoms with Gasteiger partial charge in [-0.05, 0) is 46.5 Å². The molecule has 2 aliphatic heterocycles. The van der Waals surface area contributed by atoms with Crippen LogP contribution in [0.2, 0.25) is 0 Å². The highest BCUT2D eigenvalue weighted by Crippen LogP contribution is 2.38. The first-order valence-electron chi connectivity index (χ1n) is 6.37. The van der Waals surface area contributed by atoms with Gasteiger partial charge in [-0.15, -0.1) is 0 Å². The van der Waals surface area contributed by atoms with Gasteiger partial charge in [-0.1, -0.05) is 0 Å². The number of piperidine rings is 1. The number of hydrogen-bond acceptors (Lipinski definition) is 3. The van der Waals surface area contributed by atoms with Crippen molar-refractivity contribution in [1.82, 2.24) is 4.90 Å². The predicted molar refractivity (Wildman–Crippen MR) is 63.7 cm³/mol. The lowest BCUT2D eigenvalue weighted by atomic mass is 9.92. The molecule has 96 valence electrons. The SMILES string of the molecule is CC(C)(C)OC(=O)N1[C@@H]2CC[C@H]1CC(C=O)C2. The molecular formula is C13H21NO3. The lowest BCUT2D eigenvalue weighted by Crippen LogP contribution is -2.48. The summed E-state index contributed by atoms with van der Waals surface area (Å²) >= 11 is 0. The van der Waals surface area contributed by atoms with E-state index in [1.165, 1.54) is 0 Å². The Labute approximate surface area is 102 Å². The van der Waals surface area contributed by atoms with Gasteiger partial charge in [0, 0.05) is 18.0 Å².